The number of benzene rings is 1. The van der Waals surface area contributed by atoms with Crippen LogP contribution in [0.2, 0.25) is 0 Å². The summed E-state index contributed by atoms with van der Waals surface area (Å²) in [5, 5.41) is 1.57. The fraction of sp³-hybridized carbons (Fsp3) is 0.438. The van der Waals surface area contributed by atoms with E-state index in [4.69, 9.17) is 16.6 Å². The van der Waals surface area contributed by atoms with Crippen LogP contribution in [-0.4, -0.2) is 22.4 Å². The molecule has 0 radical (unpaired) electrons. The van der Waals surface area contributed by atoms with Crippen LogP contribution >= 0.6 is 11.6 Å². The summed E-state index contributed by atoms with van der Waals surface area (Å²) in [6, 6.07) is 13.9. The number of aromatic nitrogens is 1. The van der Waals surface area contributed by atoms with Crippen molar-refractivity contribution in [1.29, 1.82) is 0 Å². The maximum atomic E-state index is 6.35. The maximum Gasteiger partial charge on any atom is 0.129 e. The second kappa shape index (κ2) is 4.38. The first-order valence-corrected chi connectivity index (χ1v) is 7.53. The van der Waals surface area contributed by atoms with Crippen LogP contribution < -0.4 is 4.90 Å². The van der Waals surface area contributed by atoms with Crippen molar-refractivity contribution in [2.75, 3.05) is 4.90 Å². The predicted octanol–water partition coefficient (Wildman–Crippen LogP) is 3.97. The Kier molecular flexibility index (Phi) is 2.66. The first kappa shape index (κ1) is 11.5. The van der Waals surface area contributed by atoms with Gasteiger partial charge in [0.15, 0.2) is 0 Å². The molecule has 98 valence electrons. The van der Waals surface area contributed by atoms with Gasteiger partial charge in [-0.3, -0.25) is 0 Å². The van der Waals surface area contributed by atoms with Crippen LogP contribution in [0.4, 0.5) is 5.82 Å². The molecule has 1 aromatic carbocycles. The van der Waals surface area contributed by atoms with Gasteiger partial charge in [0.25, 0.3) is 0 Å². The topological polar surface area (TPSA) is 16.1 Å². The third kappa shape index (κ3) is 1.90. The number of piperidine rings is 1. The minimum atomic E-state index is 0.356. The van der Waals surface area contributed by atoms with Crippen LogP contribution in [0.15, 0.2) is 36.4 Å². The number of alkyl halides is 1. The maximum absolute atomic E-state index is 6.35. The normalized spacial score (nSPS) is 29.9. The highest BCUT2D eigenvalue weighted by molar-refractivity contribution is 6.20. The molecule has 2 unspecified atom stereocenters. The van der Waals surface area contributed by atoms with Crippen molar-refractivity contribution < 1.29 is 0 Å². The molecule has 0 amide bonds. The largest absolute Gasteiger partial charge is 0.351 e. The number of pyridine rings is 1. The van der Waals surface area contributed by atoms with Crippen LogP contribution in [0.3, 0.4) is 0 Å². The van der Waals surface area contributed by atoms with Gasteiger partial charge in [0.1, 0.15) is 5.82 Å². The first-order chi connectivity index (χ1) is 9.31. The van der Waals surface area contributed by atoms with Gasteiger partial charge >= 0.3 is 0 Å². The number of anilines is 1. The van der Waals surface area contributed by atoms with Crippen molar-refractivity contribution in [3.63, 3.8) is 0 Å². The molecule has 2 aliphatic heterocycles. The van der Waals surface area contributed by atoms with Gasteiger partial charge in [0.2, 0.25) is 0 Å². The number of rotatable bonds is 1. The molecule has 2 fully saturated rings. The third-order valence-corrected chi connectivity index (χ3v) is 4.88. The number of hydrogen-bond donors (Lipinski definition) is 0. The minimum Gasteiger partial charge on any atom is -0.351 e. The SMILES string of the molecule is ClC1CC2CCC(C1)N2c1ccc2ccccc2n1. The zero-order valence-electron chi connectivity index (χ0n) is 10.8. The average molecular weight is 273 g/mol. The van der Waals surface area contributed by atoms with Crippen LogP contribution in [0, 0.1) is 0 Å². The van der Waals surface area contributed by atoms with Gasteiger partial charge in [-0.05, 0) is 43.9 Å². The molecule has 0 spiro atoms. The van der Waals surface area contributed by atoms with Gasteiger partial charge < -0.3 is 4.90 Å². The molecule has 2 saturated heterocycles. The van der Waals surface area contributed by atoms with Gasteiger partial charge in [-0.2, -0.15) is 0 Å². The van der Waals surface area contributed by atoms with E-state index in [1.165, 1.54) is 18.2 Å². The van der Waals surface area contributed by atoms with Crippen LogP contribution in [-0.2, 0) is 0 Å². The lowest BCUT2D eigenvalue weighted by atomic mass is 10.0. The monoisotopic (exact) mass is 272 g/mol. The molecule has 4 rings (SSSR count). The summed E-state index contributed by atoms with van der Waals surface area (Å²) in [5.74, 6) is 1.13. The third-order valence-electron chi connectivity index (χ3n) is 4.52. The summed E-state index contributed by atoms with van der Waals surface area (Å²) in [4.78, 5) is 7.37. The van der Waals surface area contributed by atoms with Gasteiger partial charge in [0, 0.05) is 22.8 Å². The van der Waals surface area contributed by atoms with E-state index in [0.29, 0.717) is 17.5 Å². The molecular formula is C16H17ClN2. The fourth-order valence-electron chi connectivity index (χ4n) is 3.68. The Hall–Kier alpha value is -1.28. The van der Waals surface area contributed by atoms with Crippen molar-refractivity contribution in [1.82, 2.24) is 4.98 Å². The van der Waals surface area contributed by atoms with Gasteiger partial charge in [0.05, 0.1) is 5.52 Å². The molecule has 0 aliphatic carbocycles. The van der Waals surface area contributed by atoms with Gasteiger partial charge in [-0.1, -0.05) is 18.2 Å². The number of halogens is 1. The van der Waals surface area contributed by atoms with E-state index in [9.17, 15) is 0 Å². The summed E-state index contributed by atoms with van der Waals surface area (Å²) in [5.41, 5.74) is 1.09. The second-order valence-corrected chi connectivity index (χ2v) is 6.34. The van der Waals surface area contributed by atoms with Crippen LogP contribution in [0.1, 0.15) is 25.7 Å². The van der Waals surface area contributed by atoms with E-state index in [0.717, 1.165) is 24.2 Å². The molecule has 0 N–H and O–H groups in total. The standard InChI is InChI=1S/C16H17ClN2/c17-12-9-13-6-7-14(10-12)19(13)16-8-5-11-3-1-2-4-15(11)18-16/h1-5,8,12-14H,6-7,9-10H2. The van der Waals surface area contributed by atoms with E-state index in [1.807, 2.05) is 0 Å². The van der Waals surface area contributed by atoms with E-state index in [2.05, 4.69) is 41.3 Å². The Morgan fingerprint density at radius 2 is 1.74 bits per heavy atom. The molecule has 2 atom stereocenters. The molecule has 1 aromatic heterocycles. The quantitative estimate of drug-likeness (QED) is 0.730. The number of para-hydroxylation sites is 1. The van der Waals surface area contributed by atoms with E-state index in [-0.39, 0.29) is 0 Å². The molecule has 2 nitrogen and oxygen atoms in total. The van der Waals surface area contributed by atoms with Gasteiger partial charge in [-0.15, -0.1) is 11.6 Å². The second-order valence-electron chi connectivity index (χ2n) is 5.72. The van der Waals surface area contributed by atoms with E-state index < -0.39 is 0 Å². The highest BCUT2D eigenvalue weighted by Gasteiger charge is 2.40. The summed E-state index contributed by atoms with van der Waals surface area (Å²) in [7, 11) is 0. The van der Waals surface area contributed by atoms with Crippen molar-refractivity contribution in [2.24, 2.45) is 0 Å². The number of nitrogens with zero attached hydrogens (tertiary/aromatic N) is 2. The average Bonchev–Trinajstić information content (AvgIpc) is 2.70. The van der Waals surface area contributed by atoms with Crippen molar-refractivity contribution in [3.8, 4) is 0 Å². The Morgan fingerprint density at radius 3 is 2.53 bits per heavy atom. The number of fused-ring (bicyclic) bond motifs is 3. The zero-order chi connectivity index (χ0) is 12.8. The minimum absolute atomic E-state index is 0.356. The summed E-state index contributed by atoms with van der Waals surface area (Å²) in [6.07, 6.45) is 4.74. The smallest absolute Gasteiger partial charge is 0.129 e. The molecule has 3 heterocycles. The fourth-order valence-corrected chi connectivity index (χ4v) is 4.10. The van der Waals surface area contributed by atoms with E-state index >= 15 is 0 Å². The van der Waals surface area contributed by atoms with Crippen molar-refractivity contribution >= 4 is 28.3 Å². The van der Waals surface area contributed by atoms with Crippen LogP contribution in [0.25, 0.3) is 10.9 Å². The summed E-state index contributed by atoms with van der Waals surface area (Å²) in [6.45, 7) is 0. The number of hydrogen-bond acceptors (Lipinski definition) is 2. The summed E-state index contributed by atoms with van der Waals surface area (Å²) >= 11 is 6.35. The first-order valence-electron chi connectivity index (χ1n) is 7.09. The Balaban J connectivity index is 1.74. The lowest BCUT2D eigenvalue weighted by molar-refractivity contribution is 0.471. The van der Waals surface area contributed by atoms with Crippen molar-refractivity contribution in [3.05, 3.63) is 36.4 Å². The predicted molar refractivity (Wildman–Crippen MR) is 79.9 cm³/mol. The van der Waals surface area contributed by atoms with E-state index in [1.54, 1.807) is 0 Å². The molecule has 19 heavy (non-hydrogen) atoms. The molecule has 2 aliphatic rings. The lowest BCUT2D eigenvalue weighted by Gasteiger charge is -2.38. The summed E-state index contributed by atoms with van der Waals surface area (Å²) < 4.78 is 0. The lowest BCUT2D eigenvalue weighted by Crippen LogP contribution is -2.43. The molecule has 2 bridgehead atoms. The Morgan fingerprint density at radius 1 is 1.00 bits per heavy atom. The van der Waals surface area contributed by atoms with Gasteiger partial charge in [-0.25, -0.2) is 4.98 Å². The van der Waals surface area contributed by atoms with Crippen LogP contribution in [0.5, 0.6) is 0 Å². The highest BCUT2D eigenvalue weighted by Crippen LogP contribution is 2.40. The van der Waals surface area contributed by atoms with Crippen molar-refractivity contribution in [2.45, 2.75) is 43.1 Å². The molecule has 0 saturated carbocycles. The molecule has 2 aromatic rings. The molecular weight excluding hydrogens is 256 g/mol. The highest BCUT2D eigenvalue weighted by atomic mass is 35.5. The Bertz CT molecular complexity index is 598. The zero-order valence-corrected chi connectivity index (χ0v) is 11.6. The Labute approximate surface area is 118 Å². The molecule has 3 heteroatoms.